The Morgan fingerprint density at radius 1 is 1.24 bits per heavy atom. The number of carbonyl (C=O) groups is 1. The number of nitrogens with one attached hydrogen (secondary N) is 1. The molecule has 4 nitrogen and oxygen atoms in total. The summed E-state index contributed by atoms with van der Waals surface area (Å²) in [7, 11) is 1.50. The molecule has 106 valence electrons. The van der Waals surface area contributed by atoms with Crippen LogP contribution in [0.4, 0.5) is 9.52 Å². The molecule has 0 radical (unpaired) electrons. The van der Waals surface area contributed by atoms with Gasteiger partial charge in [0.1, 0.15) is 17.1 Å². The number of methoxy groups -OCH3 is 1. The van der Waals surface area contributed by atoms with E-state index in [9.17, 15) is 9.18 Å². The van der Waals surface area contributed by atoms with Gasteiger partial charge in [-0.2, -0.15) is 0 Å². The van der Waals surface area contributed by atoms with E-state index in [1.165, 1.54) is 24.5 Å². The van der Waals surface area contributed by atoms with Crippen LogP contribution >= 0.6 is 11.3 Å². The molecule has 3 aromatic rings. The molecule has 1 aromatic heterocycles. The maximum atomic E-state index is 13.6. The molecular formula is C15H11FN2O2S. The lowest BCUT2D eigenvalue weighted by Crippen LogP contribution is -2.12. The number of hydrogen-bond acceptors (Lipinski definition) is 4. The molecule has 3 rings (SSSR count). The first-order chi connectivity index (χ1) is 10.2. The van der Waals surface area contributed by atoms with E-state index in [1.54, 1.807) is 36.4 Å². The number of nitrogens with zero attached hydrogens (tertiary/aromatic N) is 1. The van der Waals surface area contributed by atoms with Crippen LogP contribution in [0.5, 0.6) is 5.75 Å². The van der Waals surface area contributed by atoms with Crippen LogP contribution in [-0.4, -0.2) is 18.0 Å². The molecule has 0 fully saturated rings. The summed E-state index contributed by atoms with van der Waals surface area (Å²) in [5.41, 5.74) is 0.664. The topological polar surface area (TPSA) is 51.2 Å². The van der Waals surface area contributed by atoms with Crippen LogP contribution in [0, 0.1) is 5.82 Å². The normalized spacial score (nSPS) is 10.6. The number of rotatable bonds is 3. The van der Waals surface area contributed by atoms with Gasteiger partial charge in [-0.3, -0.25) is 10.1 Å². The molecule has 6 heteroatoms. The Morgan fingerprint density at radius 3 is 2.81 bits per heavy atom. The lowest BCUT2D eigenvalue weighted by Gasteiger charge is -2.06. The van der Waals surface area contributed by atoms with Gasteiger partial charge in [-0.15, -0.1) is 0 Å². The van der Waals surface area contributed by atoms with E-state index in [0.717, 1.165) is 0 Å². The summed E-state index contributed by atoms with van der Waals surface area (Å²) in [5, 5.41) is 3.02. The number of halogens is 1. The number of para-hydroxylation sites is 2. The van der Waals surface area contributed by atoms with E-state index in [0.29, 0.717) is 21.1 Å². The molecule has 0 spiro atoms. The zero-order valence-corrected chi connectivity index (χ0v) is 11.9. The van der Waals surface area contributed by atoms with Crippen molar-refractivity contribution in [2.75, 3.05) is 12.4 Å². The van der Waals surface area contributed by atoms with Gasteiger partial charge in [-0.05, 0) is 24.3 Å². The van der Waals surface area contributed by atoms with Crippen LogP contribution in [0.2, 0.25) is 0 Å². The van der Waals surface area contributed by atoms with Gasteiger partial charge in [0.15, 0.2) is 5.13 Å². The number of carbonyl (C=O) groups excluding carboxylic acids is 1. The quantitative estimate of drug-likeness (QED) is 0.802. The van der Waals surface area contributed by atoms with Crippen molar-refractivity contribution in [3.8, 4) is 5.75 Å². The van der Waals surface area contributed by atoms with Crippen LogP contribution < -0.4 is 10.1 Å². The fourth-order valence-electron chi connectivity index (χ4n) is 1.97. The van der Waals surface area contributed by atoms with Crippen molar-refractivity contribution < 1.29 is 13.9 Å². The predicted molar refractivity (Wildman–Crippen MR) is 80.5 cm³/mol. The zero-order chi connectivity index (χ0) is 14.8. The number of aromatic nitrogens is 1. The summed E-state index contributed by atoms with van der Waals surface area (Å²) in [5.74, 6) is -0.268. The third kappa shape index (κ3) is 2.57. The number of anilines is 1. The lowest BCUT2D eigenvalue weighted by molar-refractivity contribution is 0.102. The van der Waals surface area contributed by atoms with Crippen LogP contribution in [0.3, 0.4) is 0 Å². The van der Waals surface area contributed by atoms with E-state index < -0.39 is 5.82 Å². The Bertz CT molecular complexity index is 816. The summed E-state index contributed by atoms with van der Waals surface area (Å²) >= 11 is 1.22. The SMILES string of the molecule is COc1ccccc1C(=O)Nc1nc2c(F)cccc2s1. The smallest absolute Gasteiger partial charge is 0.261 e. The molecular weight excluding hydrogens is 291 g/mol. The highest BCUT2D eigenvalue weighted by molar-refractivity contribution is 7.22. The van der Waals surface area contributed by atoms with Crippen molar-refractivity contribution in [3.05, 3.63) is 53.8 Å². The molecule has 0 aliphatic heterocycles. The van der Waals surface area contributed by atoms with Crippen LogP contribution in [0.1, 0.15) is 10.4 Å². The Hall–Kier alpha value is -2.47. The fraction of sp³-hybridized carbons (Fsp3) is 0.0667. The maximum Gasteiger partial charge on any atom is 0.261 e. The highest BCUT2D eigenvalue weighted by Gasteiger charge is 2.14. The number of hydrogen-bond donors (Lipinski definition) is 1. The highest BCUT2D eigenvalue weighted by atomic mass is 32.1. The molecule has 1 heterocycles. The first-order valence-corrected chi connectivity index (χ1v) is 7.00. The average Bonchev–Trinajstić information content (AvgIpc) is 2.91. The van der Waals surface area contributed by atoms with E-state index in [1.807, 2.05) is 0 Å². The minimum atomic E-state index is -0.401. The van der Waals surface area contributed by atoms with Gasteiger partial charge < -0.3 is 4.74 Å². The van der Waals surface area contributed by atoms with Crippen molar-refractivity contribution in [1.82, 2.24) is 4.98 Å². The van der Waals surface area contributed by atoms with Gasteiger partial charge in [0, 0.05) is 0 Å². The van der Waals surface area contributed by atoms with Crippen molar-refractivity contribution >= 4 is 32.6 Å². The summed E-state index contributed by atoms with van der Waals surface area (Å²) in [6, 6.07) is 11.6. The molecule has 1 N–H and O–H groups in total. The number of amides is 1. The maximum absolute atomic E-state index is 13.6. The number of benzene rings is 2. The Morgan fingerprint density at radius 2 is 2.05 bits per heavy atom. The van der Waals surface area contributed by atoms with Crippen LogP contribution in [-0.2, 0) is 0 Å². The third-order valence-corrected chi connectivity index (χ3v) is 3.88. The van der Waals surface area contributed by atoms with Crippen molar-refractivity contribution in [3.63, 3.8) is 0 Å². The number of thiazole rings is 1. The standard InChI is InChI=1S/C15H11FN2O2S/c1-20-11-7-3-2-5-9(11)14(19)18-15-17-13-10(16)6-4-8-12(13)21-15/h2-8H,1H3,(H,17,18,19). The fourth-order valence-corrected chi connectivity index (χ4v) is 2.84. The molecule has 2 aromatic carbocycles. The largest absolute Gasteiger partial charge is 0.496 e. The lowest BCUT2D eigenvalue weighted by atomic mass is 10.2. The second-order valence-corrected chi connectivity index (χ2v) is 5.29. The van der Waals surface area contributed by atoms with Gasteiger partial charge in [0.25, 0.3) is 5.91 Å². The minimum Gasteiger partial charge on any atom is -0.496 e. The van der Waals surface area contributed by atoms with E-state index in [2.05, 4.69) is 10.3 Å². The molecule has 21 heavy (non-hydrogen) atoms. The number of ether oxygens (including phenoxy) is 1. The minimum absolute atomic E-state index is 0.262. The Balaban J connectivity index is 1.91. The number of fused-ring (bicyclic) bond motifs is 1. The van der Waals surface area contributed by atoms with E-state index in [-0.39, 0.29) is 11.4 Å². The van der Waals surface area contributed by atoms with Crippen LogP contribution in [0.25, 0.3) is 10.2 Å². The summed E-state index contributed by atoms with van der Waals surface area (Å²) in [6.45, 7) is 0. The van der Waals surface area contributed by atoms with Crippen molar-refractivity contribution in [2.24, 2.45) is 0 Å². The summed E-state index contributed by atoms with van der Waals surface area (Å²) in [6.07, 6.45) is 0. The molecule has 0 aliphatic rings. The second-order valence-electron chi connectivity index (χ2n) is 4.26. The van der Waals surface area contributed by atoms with Gasteiger partial charge in [-0.1, -0.05) is 29.5 Å². The highest BCUT2D eigenvalue weighted by Crippen LogP contribution is 2.28. The predicted octanol–water partition coefficient (Wildman–Crippen LogP) is 3.70. The molecule has 0 bridgehead atoms. The summed E-state index contributed by atoms with van der Waals surface area (Å²) < 4.78 is 19.4. The second kappa shape index (κ2) is 5.49. The zero-order valence-electron chi connectivity index (χ0n) is 11.1. The first kappa shape index (κ1) is 13.5. The van der Waals surface area contributed by atoms with E-state index >= 15 is 0 Å². The molecule has 1 amide bonds. The van der Waals surface area contributed by atoms with E-state index in [4.69, 9.17) is 4.74 Å². The molecule has 0 unspecified atom stereocenters. The third-order valence-electron chi connectivity index (χ3n) is 2.94. The van der Waals surface area contributed by atoms with Gasteiger partial charge in [0.05, 0.1) is 17.4 Å². The first-order valence-electron chi connectivity index (χ1n) is 6.18. The van der Waals surface area contributed by atoms with Gasteiger partial charge in [-0.25, -0.2) is 9.37 Å². The molecule has 0 aliphatic carbocycles. The molecule has 0 atom stereocenters. The van der Waals surface area contributed by atoms with Crippen molar-refractivity contribution in [2.45, 2.75) is 0 Å². The Kier molecular flexibility index (Phi) is 3.53. The summed E-state index contributed by atoms with van der Waals surface area (Å²) in [4.78, 5) is 16.3. The monoisotopic (exact) mass is 302 g/mol. The van der Waals surface area contributed by atoms with Crippen molar-refractivity contribution in [1.29, 1.82) is 0 Å². The van der Waals surface area contributed by atoms with Gasteiger partial charge in [0.2, 0.25) is 0 Å². The molecule has 0 saturated carbocycles. The Labute approximate surface area is 124 Å². The van der Waals surface area contributed by atoms with Gasteiger partial charge >= 0.3 is 0 Å². The average molecular weight is 302 g/mol. The van der Waals surface area contributed by atoms with Crippen LogP contribution in [0.15, 0.2) is 42.5 Å². The molecule has 0 saturated heterocycles.